The predicted molar refractivity (Wildman–Crippen MR) is 103 cm³/mol. The van der Waals surface area contributed by atoms with Gasteiger partial charge in [0.1, 0.15) is 6.04 Å². The third kappa shape index (κ3) is 4.65. The predicted octanol–water partition coefficient (Wildman–Crippen LogP) is 1.53. The van der Waals surface area contributed by atoms with E-state index in [1.54, 1.807) is 31.3 Å². The van der Waals surface area contributed by atoms with Crippen molar-refractivity contribution in [1.29, 1.82) is 0 Å². The zero-order valence-electron chi connectivity index (χ0n) is 15.3. The average Bonchev–Trinajstić information content (AvgIpc) is 2.64. The number of halogens is 4. The van der Waals surface area contributed by atoms with Crippen molar-refractivity contribution in [2.24, 2.45) is 7.05 Å². The lowest BCUT2D eigenvalue weighted by atomic mass is 10.1. The summed E-state index contributed by atoms with van der Waals surface area (Å²) in [5.74, 6) is -0.687. The fourth-order valence-corrected chi connectivity index (χ4v) is 3.33. The van der Waals surface area contributed by atoms with Crippen LogP contribution in [0.1, 0.15) is 10.4 Å². The van der Waals surface area contributed by atoms with Crippen molar-refractivity contribution in [3.63, 3.8) is 0 Å². The van der Waals surface area contributed by atoms with Gasteiger partial charge in [0, 0.05) is 51.2 Å². The number of carbonyl (C=O) groups excluding carboxylic acids is 1. The first-order valence-electron chi connectivity index (χ1n) is 8.67. The molecule has 0 spiro atoms. The first-order valence-corrected chi connectivity index (χ1v) is 8.67. The molecule has 0 aliphatic carbocycles. The Morgan fingerprint density at radius 1 is 1.25 bits per heavy atom. The lowest BCUT2D eigenvalue weighted by molar-refractivity contribution is -0.183. The molecule has 154 valence electrons. The Labute approximate surface area is 166 Å². The highest BCUT2D eigenvalue weighted by Gasteiger charge is 2.43. The van der Waals surface area contributed by atoms with Gasteiger partial charge in [0.25, 0.3) is 11.5 Å². The summed E-state index contributed by atoms with van der Waals surface area (Å²) in [4.78, 5) is 26.0. The molecule has 10 heteroatoms. The van der Waals surface area contributed by atoms with Gasteiger partial charge in [-0.05, 0) is 6.07 Å². The van der Waals surface area contributed by atoms with Crippen molar-refractivity contribution in [3.05, 3.63) is 46.2 Å². The number of para-hydroxylation sites is 1. The molecule has 1 amide bonds. The number of rotatable bonds is 4. The number of carbonyl (C=O) groups is 1. The van der Waals surface area contributed by atoms with E-state index in [-0.39, 0.29) is 31.1 Å². The van der Waals surface area contributed by atoms with Gasteiger partial charge < -0.3 is 15.2 Å². The minimum Gasteiger partial charge on any atom is -0.350 e. The molecule has 2 heterocycles. The van der Waals surface area contributed by atoms with E-state index in [0.29, 0.717) is 24.0 Å². The number of hydrogen-bond acceptors (Lipinski definition) is 4. The SMILES string of the molecule is Cl.Cn1c(=O)cc(C(=O)NCC(N2CCNCC2)C(F)(F)F)c2ccccc21. The fraction of sp³-hybridized carbons (Fsp3) is 0.444. The molecule has 0 radical (unpaired) electrons. The second-order valence-electron chi connectivity index (χ2n) is 6.53. The molecule has 1 aliphatic heterocycles. The van der Waals surface area contributed by atoms with E-state index in [4.69, 9.17) is 0 Å². The third-order valence-electron chi connectivity index (χ3n) is 4.82. The fourth-order valence-electron chi connectivity index (χ4n) is 3.33. The number of piperazine rings is 1. The number of alkyl halides is 3. The van der Waals surface area contributed by atoms with E-state index < -0.39 is 30.2 Å². The van der Waals surface area contributed by atoms with Crippen LogP contribution in [0.25, 0.3) is 10.9 Å². The highest BCUT2D eigenvalue weighted by Crippen LogP contribution is 2.25. The maximum Gasteiger partial charge on any atom is 0.405 e. The van der Waals surface area contributed by atoms with Crippen molar-refractivity contribution < 1.29 is 18.0 Å². The van der Waals surface area contributed by atoms with Gasteiger partial charge in [0.05, 0.1) is 11.1 Å². The molecule has 28 heavy (non-hydrogen) atoms. The van der Waals surface area contributed by atoms with Gasteiger partial charge in [0.15, 0.2) is 0 Å². The highest BCUT2D eigenvalue weighted by molar-refractivity contribution is 6.06. The number of hydrogen-bond donors (Lipinski definition) is 2. The summed E-state index contributed by atoms with van der Waals surface area (Å²) in [6.45, 7) is 0.898. The molecular weight excluding hydrogens is 397 g/mol. The molecule has 1 unspecified atom stereocenters. The largest absolute Gasteiger partial charge is 0.405 e. The van der Waals surface area contributed by atoms with Crippen LogP contribution in [0, 0.1) is 0 Å². The minimum atomic E-state index is -4.46. The molecule has 1 atom stereocenters. The van der Waals surface area contributed by atoms with Crippen LogP contribution in [0.15, 0.2) is 35.1 Å². The zero-order chi connectivity index (χ0) is 19.6. The average molecular weight is 419 g/mol. The van der Waals surface area contributed by atoms with Crippen LogP contribution in [-0.2, 0) is 7.05 Å². The normalized spacial score (nSPS) is 16.4. The summed E-state index contributed by atoms with van der Waals surface area (Å²) < 4.78 is 41.8. The van der Waals surface area contributed by atoms with Gasteiger partial charge in [-0.15, -0.1) is 12.4 Å². The van der Waals surface area contributed by atoms with E-state index in [1.165, 1.54) is 9.47 Å². The second-order valence-corrected chi connectivity index (χ2v) is 6.53. The number of aromatic nitrogens is 1. The van der Waals surface area contributed by atoms with Crippen LogP contribution in [0.2, 0.25) is 0 Å². The Morgan fingerprint density at radius 3 is 2.54 bits per heavy atom. The number of nitrogens with zero attached hydrogens (tertiary/aromatic N) is 2. The van der Waals surface area contributed by atoms with Gasteiger partial charge in [-0.3, -0.25) is 14.5 Å². The van der Waals surface area contributed by atoms with Gasteiger partial charge >= 0.3 is 6.18 Å². The molecule has 2 N–H and O–H groups in total. The molecule has 1 saturated heterocycles. The number of aryl methyl sites for hydroxylation is 1. The van der Waals surface area contributed by atoms with Crippen LogP contribution in [0.5, 0.6) is 0 Å². The molecule has 3 rings (SSSR count). The quantitative estimate of drug-likeness (QED) is 0.790. The van der Waals surface area contributed by atoms with E-state index in [9.17, 15) is 22.8 Å². The Hall–Kier alpha value is -2.10. The maximum atomic E-state index is 13.5. The Morgan fingerprint density at radius 2 is 1.89 bits per heavy atom. The second kappa shape index (κ2) is 8.93. The van der Waals surface area contributed by atoms with Crippen LogP contribution in [-0.4, -0.2) is 60.3 Å². The van der Waals surface area contributed by atoms with E-state index in [0.717, 1.165) is 6.07 Å². The van der Waals surface area contributed by atoms with Crippen LogP contribution in [0.3, 0.4) is 0 Å². The first-order chi connectivity index (χ1) is 12.8. The summed E-state index contributed by atoms with van der Waals surface area (Å²) in [6.07, 6.45) is -4.46. The number of amides is 1. The molecule has 0 bridgehead atoms. The molecule has 6 nitrogen and oxygen atoms in total. The molecular formula is C18H22ClF3N4O2. The van der Waals surface area contributed by atoms with Gasteiger partial charge in [-0.25, -0.2) is 0 Å². The van der Waals surface area contributed by atoms with E-state index in [1.807, 2.05) is 0 Å². The molecule has 1 aromatic carbocycles. The lowest BCUT2D eigenvalue weighted by Gasteiger charge is -2.35. The zero-order valence-corrected chi connectivity index (χ0v) is 16.1. The Balaban J connectivity index is 0.00000280. The van der Waals surface area contributed by atoms with Crippen molar-refractivity contribution in [2.75, 3.05) is 32.7 Å². The summed E-state index contributed by atoms with van der Waals surface area (Å²) >= 11 is 0. The van der Waals surface area contributed by atoms with E-state index in [2.05, 4.69) is 10.6 Å². The van der Waals surface area contributed by atoms with Gasteiger partial charge in [-0.1, -0.05) is 18.2 Å². The standard InChI is InChI=1S/C18H21F3N4O2.ClH/c1-24-14-5-3-2-4-12(14)13(10-16(24)26)17(27)23-11-15(18(19,20)21)25-8-6-22-7-9-25;/h2-5,10,15,22H,6-9,11H2,1H3,(H,23,27);1H. The van der Waals surface area contributed by atoms with Crippen molar-refractivity contribution in [3.8, 4) is 0 Å². The number of fused-ring (bicyclic) bond motifs is 1. The van der Waals surface area contributed by atoms with Crippen LogP contribution in [0.4, 0.5) is 13.2 Å². The van der Waals surface area contributed by atoms with Gasteiger partial charge in [0.2, 0.25) is 0 Å². The number of nitrogens with one attached hydrogen (secondary N) is 2. The van der Waals surface area contributed by atoms with E-state index >= 15 is 0 Å². The molecule has 1 aromatic heterocycles. The van der Waals surface area contributed by atoms with Crippen LogP contribution >= 0.6 is 12.4 Å². The smallest absolute Gasteiger partial charge is 0.350 e. The monoisotopic (exact) mass is 418 g/mol. The first kappa shape index (κ1) is 22.2. The maximum absolute atomic E-state index is 13.5. The topological polar surface area (TPSA) is 66.4 Å². The van der Waals surface area contributed by atoms with Gasteiger partial charge in [-0.2, -0.15) is 13.2 Å². The van der Waals surface area contributed by atoms with Crippen molar-refractivity contribution >= 4 is 29.2 Å². The Bertz CT molecular complexity index is 895. The molecule has 0 saturated carbocycles. The third-order valence-corrected chi connectivity index (χ3v) is 4.82. The van der Waals surface area contributed by atoms with Crippen LogP contribution < -0.4 is 16.2 Å². The minimum absolute atomic E-state index is 0. The number of benzene rings is 1. The molecule has 1 fully saturated rings. The number of pyridine rings is 1. The lowest BCUT2D eigenvalue weighted by Crippen LogP contribution is -2.57. The Kier molecular flexibility index (Phi) is 7.08. The summed E-state index contributed by atoms with van der Waals surface area (Å²) in [6, 6.07) is 6.19. The molecule has 2 aromatic rings. The summed E-state index contributed by atoms with van der Waals surface area (Å²) in [7, 11) is 1.58. The van der Waals surface area contributed by atoms with Crippen molar-refractivity contribution in [1.82, 2.24) is 20.1 Å². The highest BCUT2D eigenvalue weighted by atomic mass is 35.5. The molecule has 1 aliphatic rings. The summed E-state index contributed by atoms with van der Waals surface area (Å²) in [5.41, 5.74) is 0.230. The summed E-state index contributed by atoms with van der Waals surface area (Å²) in [5, 5.41) is 5.90. The van der Waals surface area contributed by atoms with Crippen molar-refractivity contribution in [2.45, 2.75) is 12.2 Å².